The molecule has 3 rings (SSSR count). The average molecular weight is 287 g/mol. The maximum Gasteiger partial charge on any atom is 0.116 e. The van der Waals surface area contributed by atoms with E-state index in [9.17, 15) is 0 Å². The van der Waals surface area contributed by atoms with Gasteiger partial charge in [-0.05, 0) is 34.5 Å². The van der Waals surface area contributed by atoms with Crippen molar-refractivity contribution in [2.24, 2.45) is 5.10 Å². The molecule has 0 aliphatic heterocycles. The lowest BCUT2D eigenvalue weighted by atomic mass is 10.1. The van der Waals surface area contributed by atoms with E-state index in [1.54, 1.807) is 6.21 Å². The zero-order valence-corrected chi connectivity index (χ0v) is 12.2. The first-order valence-corrected chi connectivity index (χ1v) is 7.10. The third-order valence-electron chi connectivity index (χ3n) is 3.26. The van der Waals surface area contributed by atoms with E-state index in [4.69, 9.17) is 0 Å². The number of para-hydroxylation sites is 1. The summed E-state index contributed by atoms with van der Waals surface area (Å²) < 4.78 is 0. The Balaban J connectivity index is 1.62. The van der Waals surface area contributed by atoms with Crippen LogP contribution in [0.1, 0.15) is 5.56 Å². The lowest BCUT2D eigenvalue weighted by molar-refractivity contribution is 0.905. The molecule has 3 nitrogen and oxygen atoms in total. The molecule has 3 heteroatoms. The fourth-order valence-electron chi connectivity index (χ4n) is 2.20. The summed E-state index contributed by atoms with van der Waals surface area (Å²) in [4.78, 5) is 0. The molecule has 0 fully saturated rings. The van der Waals surface area contributed by atoms with Crippen molar-refractivity contribution in [3.8, 4) is 0 Å². The summed E-state index contributed by atoms with van der Waals surface area (Å²) in [6.07, 6.45) is 1.78. The third-order valence-corrected chi connectivity index (χ3v) is 3.26. The Bertz CT molecular complexity index is 807. The predicted octanol–water partition coefficient (Wildman–Crippen LogP) is 4.35. The molecule has 22 heavy (non-hydrogen) atoms. The van der Waals surface area contributed by atoms with Crippen LogP contribution in [0.4, 0.5) is 5.69 Å². The van der Waals surface area contributed by atoms with Gasteiger partial charge in [0.2, 0.25) is 0 Å². The summed E-state index contributed by atoms with van der Waals surface area (Å²) in [5.74, 6) is 0.628. The van der Waals surface area contributed by atoms with Crippen molar-refractivity contribution in [2.45, 2.75) is 0 Å². The fourth-order valence-corrected chi connectivity index (χ4v) is 2.20. The number of benzene rings is 3. The SMILES string of the molecule is C=C(N/N=C/c1ccc2ccccc2c1)Nc1ccccc1. The van der Waals surface area contributed by atoms with Gasteiger partial charge in [-0.2, -0.15) is 5.10 Å². The van der Waals surface area contributed by atoms with Crippen molar-refractivity contribution in [3.05, 3.63) is 90.8 Å². The number of hydrogen-bond acceptors (Lipinski definition) is 3. The molecule has 2 N–H and O–H groups in total. The number of hydrogen-bond donors (Lipinski definition) is 2. The molecule has 0 heterocycles. The van der Waals surface area contributed by atoms with Crippen molar-refractivity contribution < 1.29 is 0 Å². The highest BCUT2D eigenvalue weighted by Gasteiger charge is 1.94. The molecule has 0 unspecified atom stereocenters. The maximum atomic E-state index is 4.21. The molecule has 3 aromatic carbocycles. The van der Waals surface area contributed by atoms with Gasteiger partial charge in [0.05, 0.1) is 6.21 Å². The molecular weight excluding hydrogens is 270 g/mol. The van der Waals surface area contributed by atoms with Gasteiger partial charge in [0, 0.05) is 5.69 Å². The molecule has 0 atom stereocenters. The number of fused-ring (bicyclic) bond motifs is 1. The van der Waals surface area contributed by atoms with E-state index >= 15 is 0 Å². The van der Waals surface area contributed by atoms with Crippen molar-refractivity contribution in [1.82, 2.24) is 5.43 Å². The largest absolute Gasteiger partial charge is 0.341 e. The topological polar surface area (TPSA) is 36.4 Å². The molecule has 0 saturated carbocycles. The van der Waals surface area contributed by atoms with Gasteiger partial charge in [0.25, 0.3) is 0 Å². The van der Waals surface area contributed by atoms with Crippen LogP contribution in [-0.4, -0.2) is 6.21 Å². The average Bonchev–Trinajstić information content (AvgIpc) is 2.55. The smallest absolute Gasteiger partial charge is 0.116 e. The van der Waals surface area contributed by atoms with Gasteiger partial charge >= 0.3 is 0 Å². The van der Waals surface area contributed by atoms with Gasteiger partial charge < -0.3 is 5.32 Å². The zero-order valence-electron chi connectivity index (χ0n) is 12.2. The van der Waals surface area contributed by atoms with E-state index < -0.39 is 0 Å². The minimum atomic E-state index is 0.628. The minimum absolute atomic E-state index is 0.628. The van der Waals surface area contributed by atoms with Gasteiger partial charge in [-0.15, -0.1) is 0 Å². The standard InChI is InChI=1S/C19H17N3/c1-15(21-19-9-3-2-4-10-19)22-20-14-16-11-12-17-7-5-6-8-18(17)13-16/h2-14,21-22H,1H2/b20-14+. The fraction of sp³-hybridized carbons (Fsp3) is 0. The summed E-state index contributed by atoms with van der Waals surface area (Å²) in [6.45, 7) is 3.90. The summed E-state index contributed by atoms with van der Waals surface area (Å²) >= 11 is 0. The van der Waals surface area contributed by atoms with E-state index in [1.807, 2.05) is 48.5 Å². The van der Waals surface area contributed by atoms with Gasteiger partial charge in [0.15, 0.2) is 0 Å². The highest BCUT2D eigenvalue weighted by Crippen LogP contribution is 2.14. The van der Waals surface area contributed by atoms with Crippen molar-refractivity contribution in [2.75, 3.05) is 5.32 Å². The first-order chi connectivity index (χ1) is 10.8. The zero-order chi connectivity index (χ0) is 15.2. The first kappa shape index (κ1) is 13.9. The van der Waals surface area contributed by atoms with Gasteiger partial charge in [0.1, 0.15) is 5.82 Å². The highest BCUT2D eigenvalue weighted by atomic mass is 15.3. The summed E-state index contributed by atoms with van der Waals surface area (Å²) in [7, 11) is 0. The quantitative estimate of drug-likeness (QED) is 0.541. The lowest BCUT2D eigenvalue weighted by Gasteiger charge is -2.08. The van der Waals surface area contributed by atoms with Gasteiger partial charge in [-0.25, -0.2) is 0 Å². The van der Waals surface area contributed by atoms with Crippen LogP contribution in [0.5, 0.6) is 0 Å². The Morgan fingerprint density at radius 3 is 2.41 bits per heavy atom. The summed E-state index contributed by atoms with van der Waals surface area (Å²) in [6, 6.07) is 24.4. The second-order valence-corrected chi connectivity index (χ2v) is 4.95. The maximum absolute atomic E-state index is 4.21. The lowest BCUT2D eigenvalue weighted by Crippen LogP contribution is -2.12. The molecule has 0 saturated heterocycles. The van der Waals surface area contributed by atoms with E-state index in [-0.39, 0.29) is 0 Å². The second kappa shape index (κ2) is 6.59. The molecule has 0 amide bonds. The predicted molar refractivity (Wildman–Crippen MR) is 93.9 cm³/mol. The van der Waals surface area contributed by atoms with Crippen LogP contribution in [-0.2, 0) is 0 Å². The molecule has 0 aliphatic carbocycles. The highest BCUT2D eigenvalue weighted by molar-refractivity contribution is 5.90. The monoisotopic (exact) mass is 287 g/mol. The van der Waals surface area contributed by atoms with E-state index in [1.165, 1.54) is 10.8 Å². The number of hydrazone groups is 1. The number of nitrogens with one attached hydrogen (secondary N) is 2. The Morgan fingerprint density at radius 1 is 0.864 bits per heavy atom. The van der Waals surface area contributed by atoms with E-state index in [0.29, 0.717) is 5.82 Å². The van der Waals surface area contributed by atoms with E-state index in [0.717, 1.165) is 11.3 Å². The second-order valence-electron chi connectivity index (χ2n) is 4.95. The molecule has 3 aromatic rings. The normalized spacial score (nSPS) is 10.7. The van der Waals surface area contributed by atoms with Crippen LogP contribution in [0.25, 0.3) is 10.8 Å². The molecule has 108 valence electrons. The van der Waals surface area contributed by atoms with Crippen molar-refractivity contribution in [3.63, 3.8) is 0 Å². The molecule has 0 bridgehead atoms. The van der Waals surface area contributed by atoms with Crippen molar-refractivity contribution in [1.29, 1.82) is 0 Å². The Morgan fingerprint density at radius 2 is 1.59 bits per heavy atom. The molecule has 0 aliphatic rings. The molecular formula is C19H17N3. The Labute approximate surface area is 130 Å². The van der Waals surface area contributed by atoms with Gasteiger partial charge in [-0.1, -0.05) is 61.2 Å². The van der Waals surface area contributed by atoms with Crippen LogP contribution in [0.2, 0.25) is 0 Å². The minimum Gasteiger partial charge on any atom is -0.341 e. The molecule has 0 aromatic heterocycles. The number of nitrogens with zero attached hydrogens (tertiary/aromatic N) is 1. The molecule has 0 radical (unpaired) electrons. The van der Waals surface area contributed by atoms with Crippen molar-refractivity contribution >= 4 is 22.7 Å². The van der Waals surface area contributed by atoms with Crippen LogP contribution >= 0.6 is 0 Å². The number of rotatable bonds is 5. The summed E-state index contributed by atoms with van der Waals surface area (Å²) in [5.41, 5.74) is 4.91. The third kappa shape index (κ3) is 3.52. The Kier molecular flexibility index (Phi) is 4.16. The summed E-state index contributed by atoms with van der Waals surface area (Å²) in [5, 5.41) is 9.77. The molecule has 0 spiro atoms. The van der Waals surface area contributed by atoms with Crippen LogP contribution in [0.3, 0.4) is 0 Å². The Hall–Kier alpha value is -3.07. The van der Waals surface area contributed by atoms with Gasteiger partial charge in [-0.3, -0.25) is 5.43 Å². The van der Waals surface area contributed by atoms with Crippen LogP contribution < -0.4 is 10.7 Å². The van der Waals surface area contributed by atoms with E-state index in [2.05, 4.69) is 46.7 Å². The van der Waals surface area contributed by atoms with Crippen LogP contribution in [0.15, 0.2) is 90.3 Å². The van der Waals surface area contributed by atoms with Crippen LogP contribution in [0, 0.1) is 0 Å². The number of anilines is 1. The first-order valence-electron chi connectivity index (χ1n) is 7.10.